The van der Waals surface area contributed by atoms with Crippen LogP contribution in [0.3, 0.4) is 0 Å². The SMILES string of the molecule is CCCCCCCCCCCC(=O)NC(CC(C)C)C(=O)NC(CCC(=O)O)C(=O)O. The van der Waals surface area contributed by atoms with Crippen molar-refractivity contribution in [3.63, 3.8) is 0 Å². The molecular weight excluding hydrogens is 400 g/mol. The van der Waals surface area contributed by atoms with E-state index in [2.05, 4.69) is 17.6 Å². The Hall–Kier alpha value is -2.12. The van der Waals surface area contributed by atoms with Gasteiger partial charge in [0.15, 0.2) is 0 Å². The molecule has 0 radical (unpaired) electrons. The molecule has 0 fully saturated rings. The molecule has 0 saturated carbocycles. The molecule has 0 aromatic heterocycles. The summed E-state index contributed by atoms with van der Waals surface area (Å²) in [4.78, 5) is 46.9. The van der Waals surface area contributed by atoms with Crippen LogP contribution >= 0.6 is 0 Å². The maximum absolute atomic E-state index is 12.6. The number of carbonyl (C=O) groups is 4. The second-order valence-corrected chi connectivity index (χ2v) is 8.66. The van der Waals surface area contributed by atoms with Crippen molar-refractivity contribution in [2.45, 2.75) is 116 Å². The molecule has 0 aliphatic heterocycles. The lowest BCUT2D eigenvalue weighted by Crippen LogP contribution is -2.52. The van der Waals surface area contributed by atoms with Gasteiger partial charge in [0, 0.05) is 12.8 Å². The van der Waals surface area contributed by atoms with Gasteiger partial charge in [-0.1, -0.05) is 72.1 Å². The van der Waals surface area contributed by atoms with Gasteiger partial charge in [-0.15, -0.1) is 0 Å². The van der Waals surface area contributed by atoms with E-state index in [0.717, 1.165) is 19.3 Å². The molecule has 2 atom stereocenters. The van der Waals surface area contributed by atoms with Crippen LogP contribution in [0, 0.1) is 5.92 Å². The largest absolute Gasteiger partial charge is 0.481 e. The van der Waals surface area contributed by atoms with Crippen molar-refractivity contribution in [1.82, 2.24) is 10.6 Å². The normalized spacial score (nSPS) is 12.9. The van der Waals surface area contributed by atoms with Gasteiger partial charge in [-0.05, 0) is 25.2 Å². The smallest absolute Gasteiger partial charge is 0.326 e. The summed E-state index contributed by atoms with van der Waals surface area (Å²) in [5, 5.41) is 23.1. The number of rotatable bonds is 19. The summed E-state index contributed by atoms with van der Waals surface area (Å²) in [5.41, 5.74) is 0. The van der Waals surface area contributed by atoms with Crippen molar-refractivity contribution in [2.24, 2.45) is 5.92 Å². The highest BCUT2D eigenvalue weighted by Crippen LogP contribution is 2.11. The average molecular weight is 443 g/mol. The topological polar surface area (TPSA) is 133 Å². The van der Waals surface area contributed by atoms with Gasteiger partial charge in [-0.25, -0.2) is 4.79 Å². The highest BCUT2D eigenvalue weighted by atomic mass is 16.4. The molecule has 0 rings (SSSR count). The van der Waals surface area contributed by atoms with Crippen molar-refractivity contribution in [1.29, 1.82) is 0 Å². The summed E-state index contributed by atoms with van der Waals surface area (Å²) >= 11 is 0. The molecule has 180 valence electrons. The first-order valence-electron chi connectivity index (χ1n) is 11.7. The van der Waals surface area contributed by atoms with Gasteiger partial charge in [0.05, 0.1) is 0 Å². The number of aliphatic carboxylic acids is 2. The zero-order valence-corrected chi connectivity index (χ0v) is 19.5. The zero-order chi connectivity index (χ0) is 23.6. The third-order valence-electron chi connectivity index (χ3n) is 5.13. The first kappa shape index (κ1) is 28.9. The van der Waals surface area contributed by atoms with Crippen molar-refractivity contribution in [3.05, 3.63) is 0 Å². The van der Waals surface area contributed by atoms with E-state index >= 15 is 0 Å². The summed E-state index contributed by atoms with van der Waals surface area (Å²) in [6.45, 7) is 6.02. The average Bonchev–Trinajstić information content (AvgIpc) is 2.68. The molecule has 0 spiro atoms. The van der Waals surface area contributed by atoms with Crippen molar-refractivity contribution in [3.8, 4) is 0 Å². The standard InChI is InChI=1S/C23H42N2O6/c1-4-5-6-7-8-9-10-11-12-13-20(26)24-19(16-17(2)3)22(29)25-18(23(30)31)14-15-21(27)28/h17-19H,4-16H2,1-3H3,(H,24,26)(H,25,29)(H,27,28)(H,30,31). The third kappa shape index (κ3) is 16.3. The zero-order valence-electron chi connectivity index (χ0n) is 19.5. The number of hydrogen-bond acceptors (Lipinski definition) is 4. The summed E-state index contributed by atoms with van der Waals surface area (Å²) in [6, 6.07) is -2.13. The molecule has 4 N–H and O–H groups in total. The lowest BCUT2D eigenvalue weighted by Gasteiger charge is -2.22. The Morgan fingerprint density at radius 1 is 0.742 bits per heavy atom. The molecule has 0 saturated heterocycles. The Balaban J connectivity index is 4.43. The molecule has 31 heavy (non-hydrogen) atoms. The molecule has 8 heteroatoms. The highest BCUT2D eigenvalue weighted by molar-refractivity contribution is 5.90. The monoisotopic (exact) mass is 442 g/mol. The van der Waals surface area contributed by atoms with E-state index in [4.69, 9.17) is 5.11 Å². The van der Waals surface area contributed by atoms with Crippen LogP contribution in [0.25, 0.3) is 0 Å². The molecule has 8 nitrogen and oxygen atoms in total. The number of nitrogens with one attached hydrogen (secondary N) is 2. The molecule has 0 aromatic carbocycles. The second kappa shape index (κ2) is 17.5. The number of amides is 2. The molecule has 0 aromatic rings. The van der Waals surface area contributed by atoms with Gasteiger partial charge in [0.25, 0.3) is 0 Å². The summed E-state index contributed by atoms with van der Waals surface area (Å²) < 4.78 is 0. The number of carboxylic acids is 2. The number of unbranched alkanes of at least 4 members (excludes halogenated alkanes) is 8. The quantitative estimate of drug-likeness (QED) is 0.224. The van der Waals surface area contributed by atoms with Crippen LogP contribution in [-0.4, -0.2) is 46.0 Å². The van der Waals surface area contributed by atoms with Gasteiger partial charge < -0.3 is 20.8 Å². The van der Waals surface area contributed by atoms with Gasteiger partial charge in [-0.2, -0.15) is 0 Å². The van der Waals surface area contributed by atoms with E-state index < -0.39 is 29.9 Å². The lowest BCUT2D eigenvalue weighted by molar-refractivity contribution is -0.143. The minimum absolute atomic E-state index is 0.117. The number of hydrogen-bond donors (Lipinski definition) is 4. The van der Waals surface area contributed by atoms with Gasteiger partial charge in [0.1, 0.15) is 12.1 Å². The maximum Gasteiger partial charge on any atom is 0.326 e. The first-order chi connectivity index (χ1) is 14.7. The van der Waals surface area contributed by atoms with E-state index in [1.165, 1.54) is 38.5 Å². The molecular formula is C23H42N2O6. The van der Waals surface area contributed by atoms with Crippen molar-refractivity contribution >= 4 is 23.8 Å². The van der Waals surface area contributed by atoms with E-state index in [1.807, 2.05) is 13.8 Å². The van der Waals surface area contributed by atoms with Gasteiger partial charge >= 0.3 is 11.9 Å². The molecule has 0 aliphatic carbocycles. The number of carbonyl (C=O) groups excluding carboxylic acids is 2. The summed E-state index contributed by atoms with van der Waals surface area (Å²) in [5.74, 6) is -3.12. The predicted molar refractivity (Wildman–Crippen MR) is 120 cm³/mol. The summed E-state index contributed by atoms with van der Waals surface area (Å²) in [6.07, 6.45) is 10.5. The first-order valence-corrected chi connectivity index (χ1v) is 11.7. The third-order valence-corrected chi connectivity index (χ3v) is 5.13. The van der Waals surface area contributed by atoms with Gasteiger partial charge in [0.2, 0.25) is 11.8 Å². The fourth-order valence-electron chi connectivity index (χ4n) is 3.36. The van der Waals surface area contributed by atoms with Crippen LogP contribution < -0.4 is 10.6 Å². The van der Waals surface area contributed by atoms with E-state index in [-0.39, 0.29) is 24.7 Å². The van der Waals surface area contributed by atoms with Crippen molar-refractivity contribution < 1.29 is 29.4 Å². The van der Waals surface area contributed by atoms with Crippen LogP contribution in [0.1, 0.15) is 104 Å². The predicted octanol–water partition coefficient (Wildman–Crippen LogP) is 3.87. The minimum Gasteiger partial charge on any atom is -0.481 e. The molecule has 2 amide bonds. The van der Waals surface area contributed by atoms with Gasteiger partial charge in [-0.3, -0.25) is 14.4 Å². The van der Waals surface area contributed by atoms with Crippen LogP contribution in [0.15, 0.2) is 0 Å². The maximum atomic E-state index is 12.6. The Kier molecular flexibility index (Phi) is 16.3. The molecule has 0 heterocycles. The Bertz CT molecular complexity index is 550. The Labute approximate surface area is 186 Å². The van der Waals surface area contributed by atoms with E-state index in [0.29, 0.717) is 12.8 Å². The lowest BCUT2D eigenvalue weighted by atomic mass is 10.0. The molecule has 2 unspecified atom stereocenters. The van der Waals surface area contributed by atoms with E-state index in [9.17, 15) is 24.3 Å². The fraction of sp³-hybridized carbons (Fsp3) is 0.826. The second-order valence-electron chi connectivity index (χ2n) is 8.66. The Morgan fingerprint density at radius 3 is 1.77 bits per heavy atom. The van der Waals surface area contributed by atoms with Crippen molar-refractivity contribution in [2.75, 3.05) is 0 Å². The highest BCUT2D eigenvalue weighted by Gasteiger charge is 2.27. The van der Waals surface area contributed by atoms with Crippen LogP contribution in [-0.2, 0) is 19.2 Å². The van der Waals surface area contributed by atoms with Crippen LogP contribution in [0.4, 0.5) is 0 Å². The minimum atomic E-state index is -1.30. The van der Waals surface area contributed by atoms with Crippen LogP contribution in [0.2, 0.25) is 0 Å². The van der Waals surface area contributed by atoms with E-state index in [1.54, 1.807) is 0 Å². The fourth-order valence-corrected chi connectivity index (χ4v) is 3.36. The summed E-state index contributed by atoms with van der Waals surface area (Å²) in [7, 11) is 0. The molecule has 0 aliphatic rings. The number of carboxylic acid groups (broad SMARTS) is 2. The van der Waals surface area contributed by atoms with Crippen LogP contribution in [0.5, 0.6) is 0 Å². The molecule has 0 bridgehead atoms. The Morgan fingerprint density at radius 2 is 1.29 bits per heavy atom.